The van der Waals surface area contributed by atoms with E-state index < -0.39 is 6.04 Å². The largest absolute Gasteiger partial charge is 0.497 e. The Morgan fingerprint density at radius 3 is 2.32 bits per heavy atom. The fourth-order valence-corrected chi connectivity index (χ4v) is 3.00. The van der Waals surface area contributed by atoms with E-state index in [0.717, 1.165) is 6.42 Å². The Morgan fingerprint density at radius 2 is 1.77 bits per heavy atom. The van der Waals surface area contributed by atoms with Gasteiger partial charge in [-0.2, -0.15) is 0 Å². The van der Waals surface area contributed by atoms with E-state index in [4.69, 9.17) is 15.2 Å². The average molecular weight is 306 g/mol. The summed E-state index contributed by atoms with van der Waals surface area (Å²) in [6.45, 7) is 0. The summed E-state index contributed by atoms with van der Waals surface area (Å²) in [5, 5.41) is 2.86. The number of amides is 1. The van der Waals surface area contributed by atoms with Crippen molar-refractivity contribution < 1.29 is 14.3 Å². The van der Waals surface area contributed by atoms with Crippen molar-refractivity contribution in [3.8, 4) is 11.5 Å². The Balaban J connectivity index is 1.95. The monoisotopic (exact) mass is 306 g/mol. The van der Waals surface area contributed by atoms with Crippen molar-refractivity contribution in [3.05, 3.63) is 18.2 Å². The summed E-state index contributed by atoms with van der Waals surface area (Å²) in [4.78, 5) is 12.3. The maximum atomic E-state index is 12.3. The standard InChI is InChI=1S/C17H26N2O3/c1-21-14-9-13(10-15(11-14)22-2)19-17(20)16(18)8-12-6-4-3-5-7-12/h9-12,16H,3-8,18H2,1-2H3,(H,19,20). The lowest BCUT2D eigenvalue weighted by molar-refractivity contribution is -0.117. The van der Waals surface area contributed by atoms with E-state index in [1.165, 1.54) is 32.1 Å². The Morgan fingerprint density at radius 1 is 1.18 bits per heavy atom. The van der Waals surface area contributed by atoms with Crippen LogP contribution in [-0.2, 0) is 4.79 Å². The van der Waals surface area contributed by atoms with Gasteiger partial charge in [-0.15, -0.1) is 0 Å². The smallest absolute Gasteiger partial charge is 0.241 e. The molecule has 1 aromatic rings. The van der Waals surface area contributed by atoms with Crippen LogP contribution in [0.15, 0.2) is 18.2 Å². The lowest BCUT2D eigenvalue weighted by Crippen LogP contribution is -2.37. The molecule has 122 valence electrons. The second kappa shape index (κ2) is 8.03. The molecule has 5 nitrogen and oxygen atoms in total. The highest BCUT2D eigenvalue weighted by molar-refractivity contribution is 5.95. The summed E-state index contributed by atoms with van der Waals surface area (Å²) in [6, 6.07) is 4.80. The number of hydrogen-bond donors (Lipinski definition) is 2. The van der Waals surface area contributed by atoms with Gasteiger partial charge in [0.1, 0.15) is 11.5 Å². The number of ether oxygens (including phenoxy) is 2. The van der Waals surface area contributed by atoms with E-state index in [1.807, 2.05) is 0 Å². The molecular formula is C17H26N2O3. The van der Waals surface area contributed by atoms with Gasteiger partial charge < -0.3 is 20.5 Å². The summed E-state index contributed by atoms with van der Waals surface area (Å²) < 4.78 is 10.4. The first-order valence-electron chi connectivity index (χ1n) is 7.92. The van der Waals surface area contributed by atoms with Gasteiger partial charge in [0.2, 0.25) is 5.91 Å². The van der Waals surface area contributed by atoms with Crippen LogP contribution in [0.25, 0.3) is 0 Å². The molecule has 1 amide bonds. The molecule has 1 aliphatic carbocycles. The number of carbonyl (C=O) groups excluding carboxylic acids is 1. The van der Waals surface area contributed by atoms with Gasteiger partial charge in [-0.3, -0.25) is 4.79 Å². The highest BCUT2D eigenvalue weighted by Crippen LogP contribution is 2.28. The lowest BCUT2D eigenvalue weighted by Gasteiger charge is -2.24. The summed E-state index contributed by atoms with van der Waals surface area (Å²) in [5.74, 6) is 1.70. The molecule has 1 unspecified atom stereocenters. The molecule has 0 aliphatic heterocycles. The van der Waals surface area contributed by atoms with E-state index in [1.54, 1.807) is 32.4 Å². The molecule has 1 fully saturated rings. The van der Waals surface area contributed by atoms with Gasteiger partial charge in [0.25, 0.3) is 0 Å². The minimum Gasteiger partial charge on any atom is -0.497 e. The van der Waals surface area contributed by atoms with Gasteiger partial charge in [-0.05, 0) is 12.3 Å². The number of anilines is 1. The van der Waals surface area contributed by atoms with Crippen molar-refractivity contribution in [3.63, 3.8) is 0 Å². The summed E-state index contributed by atoms with van der Waals surface area (Å²) >= 11 is 0. The third-order valence-electron chi connectivity index (χ3n) is 4.27. The normalized spacial score (nSPS) is 16.9. The molecule has 2 rings (SSSR count). The third-order valence-corrected chi connectivity index (χ3v) is 4.27. The predicted molar refractivity (Wildman–Crippen MR) is 87.3 cm³/mol. The zero-order valence-electron chi connectivity index (χ0n) is 13.4. The summed E-state index contributed by atoms with van der Waals surface area (Å²) in [5.41, 5.74) is 6.70. The zero-order valence-corrected chi connectivity index (χ0v) is 13.4. The Hall–Kier alpha value is -1.75. The summed E-state index contributed by atoms with van der Waals surface area (Å²) in [6.07, 6.45) is 6.95. The van der Waals surface area contributed by atoms with Crippen LogP contribution in [0, 0.1) is 5.92 Å². The number of rotatable bonds is 6. The van der Waals surface area contributed by atoms with E-state index in [-0.39, 0.29) is 5.91 Å². The van der Waals surface area contributed by atoms with Crippen LogP contribution in [0.5, 0.6) is 11.5 Å². The van der Waals surface area contributed by atoms with Crippen LogP contribution < -0.4 is 20.5 Å². The molecule has 5 heteroatoms. The van der Waals surface area contributed by atoms with Crippen LogP contribution in [0.2, 0.25) is 0 Å². The van der Waals surface area contributed by atoms with Crippen LogP contribution in [0.3, 0.4) is 0 Å². The first kappa shape index (κ1) is 16.6. The number of benzene rings is 1. The number of methoxy groups -OCH3 is 2. The van der Waals surface area contributed by atoms with E-state index in [9.17, 15) is 4.79 Å². The van der Waals surface area contributed by atoms with Gasteiger partial charge in [-0.1, -0.05) is 32.1 Å². The highest BCUT2D eigenvalue weighted by atomic mass is 16.5. The molecule has 0 bridgehead atoms. The molecule has 1 aliphatic rings. The number of hydrogen-bond acceptors (Lipinski definition) is 4. The van der Waals surface area contributed by atoms with E-state index in [2.05, 4.69) is 5.32 Å². The van der Waals surface area contributed by atoms with Crippen LogP contribution in [0.4, 0.5) is 5.69 Å². The fraction of sp³-hybridized carbons (Fsp3) is 0.588. The van der Waals surface area contributed by atoms with E-state index >= 15 is 0 Å². The molecule has 1 atom stereocenters. The van der Waals surface area contributed by atoms with Crippen molar-refractivity contribution in [1.82, 2.24) is 0 Å². The van der Waals surface area contributed by atoms with Gasteiger partial charge in [0.15, 0.2) is 0 Å². The SMILES string of the molecule is COc1cc(NC(=O)C(N)CC2CCCCC2)cc(OC)c1. The maximum absolute atomic E-state index is 12.3. The minimum absolute atomic E-state index is 0.152. The molecule has 0 saturated heterocycles. The van der Waals surface area contributed by atoms with Gasteiger partial charge in [0.05, 0.1) is 20.3 Å². The summed E-state index contributed by atoms with van der Waals surface area (Å²) in [7, 11) is 3.16. The zero-order chi connectivity index (χ0) is 15.9. The van der Waals surface area contributed by atoms with Gasteiger partial charge in [0, 0.05) is 23.9 Å². The number of carbonyl (C=O) groups is 1. The third kappa shape index (κ3) is 4.63. The highest BCUT2D eigenvalue weighted by Gasteiger charge is 2.21. The molecule has 22 heavy (non-hydrogen) atoms. The number of nitrogens with two attached hydrogens (primary N) is 1. The van der Waals surface area contributed by atoms with Crippen molar-refractivity contribution in [2.45, 2.75) is 44.6 Å². The molecule has 1 aromatic carbocycles. The molecule has 1 saturated carbocycles. The quantitative estimate of drug-likeness (QED) is 0.847. The predicted octanol–water partition coefficient (Wildman–Crippen LogP) is 2.94. The topological polar surface area (TPSA) is 73.6 Å². The van der Waals surface area contributed by atoms with Crippen molar-refractivity contribution in [2.75, 3.05) is 19.5 Å². The van der Waals surface area contributed by atoms with Gasteiger partial charge in [-0.25, -0.2) is 0 Å². The second-order valence-electron chi connectivity index (χ2n) is 5.94. The van der Waals surface area contributed by atoms with Crippen molar-refractivity contribution in [2.24, 2.45) is 11.7 Å². The first-order valence-corrected chi connectivity index (χ1v) is 7.92. The van der Waals surface area contributed by atoms with Crippen LogP contribution >= 0.6 is 0 Å². The molecular weight excluding hydrogens is 280 g/mol. The second-order valence-corrected chi connectivity index (χ2v) is 5.94. The van der Waals surface area contributed by atoms with Crippen molar-refractivity contribution in [1.29, 1.82) is 0 Å². The van der Waals surface area contributed by atoms with Gasteiger partial charge >= 0.3 is 0 Å². The molecule has 0 spiro atoms. The fourth-order valence-electron chi connectivity index (χ4n) is 3.00. The van der Waals surface area contributed by atoms with Crippen LogP contribution in [0.1, 0.15) is 38.5 Å². The minimum atomic E-state index is -0.472. The Labute approximate surface area is 132 Å². The molecule has 0 radical (unpaired) electrons. The van der Waals surface area contributed by atoms with Crippen molar-refractivity contribution >= 4 is 11.6 Å². The molecule has 0 heterocycles. The lowest BCUT2D eigenvalue weighted by atomic mass is 9.85. The molecule has 3 N–H and O–H groups in total. The van der Waals surface area contributed by atoms with Crippen LogP contribution in [-0.4, -0.2) is 26.2 Å². The maximum Gasteiger partial charge on any atom is 0.241 e. The number of nitrogens with one attached hydrogen (secondary N) is 1. The Bertz CT molecular complexity index is 476. The first-order chi connectivity index (χ1) is 10.6. The Kier molecular flexibility index (Phi) is 6.07. The molecule has 0 aromatic heterocycles. The van der Waals surface area contributed by atoms with E-state index in [0.29, 0.717) is 23.1 Å². The average Bonchev–Trinajstić information content (AvgIpc) is 2.55.